The first-order chi connectivity index (χ1) is 13.0. The van der Waals surface area contributed by atoms with E-state index in [1.54, 1.807) is 28.8 Å². The van der Waals surface area contributed by atoms with Crippen molar-refractivity contribution in [3.8, 4) is 0 Å². The Hall–Kier alpha value is -3.21. The number of nitrogens with zero attached hydrogens (tertiary/aromatic N) is 2. The topological polar surface area (TPSA) is 43.5 Å². The molecule has 0 spiro atoms. The second kappa shape index (κ2) is 6.83. The Labute approximate surface area is 155 Å². The predicted octanol–water partition coefficient (Wildman–Crippen LogP) is 3.90. The van der Waals surface area contributed by atoms with Gasteiger partial charge in [-0.3, -0.25) is 9.59 Å². The minimum absolute atomic E-state index is 0.0484. The van der Waals surface area contributed by atoms with E-state index >= 15 is 0 Å². The summed E-state index contributed by atoms with van der Waals surface area (Å²) in [6.45, 7) is 2.21. The molecule has 0 amide bonds. The largest absolute Gasteiger partial charge is 0.310 e. The zero-order valence-electron chi connectivity index (χ0n) is 15.0. The van der Waals surface area contributed by atoms with Crippen LogP contribution in [-0.4, -0.2) is 14.8 Å². The second-order valence-electron chi connectivity index (χ2n) is 6.81. The Bertz CT molecular complexity index is 1220. The molecule has 5 heteroatoms. The Morgan fingerprint density at radius 2 is 1.85 bits per heavy atom. The van der Waals surface area contributed by atoms with Gasteiger partial charge in [-0.1, -0.05) is 29.8 Å². The first-order valence-electron chi connectivity index (χ1n) is 8.89. The van der Waals surface area contributed by atoms with Crippen LogP contribution in [0.4, 0.5) is 4.39 Å². The van der Waals surface area contributed by atoms with E-state index in [-0.39, 0.29) is 24.3 Å². The second-order valence-corrected chi connectivity index (χ2v) is 6.81. The summed E-state index contributed by atoms with van der Waals surface area (Å²) < 4.78 is 17.1. The number of aromatic nitrogens is 2. The first kappa shape index (κ1) is 17.2. The first-order valence-corrected chi connectivity index (χ1v) is 8.89. The smallest absolute Gasteiger partial charge is 0.275 e. The summed E-state index contributed by atoms with van der Waals surface area (Å²) in [5.74, 6) is -0.361. The van der Waals surface area contributed by atoms with E-state index in [4.69, 9.17) is 0 Å². The summed E-state index contributed by atoms with van der Waals surface area (Å²) in [5.41, 5.74) is 3.60. The Balaban J connectivity index is 1.66. The van der Waals surface area contributed by atoms with Crippen LogP contribution in [0.2, 0.25) is 0 Å². The zero-order chi connectivity index (χ0) is 19.0. The molecular weight excluding hydrogens is 343 g/mol. The number of aryl methyl sites for hydroxylation is 2. The molecule has 0 aliphatic carbocycles. The van der Waals surface area contributed by atoms with Crippen molar-refractivity contribution >= 4 is 22.3 Å². The van der Waals surface area contributed by atoms with E-state index in [1.165, 1.54) is 16.7 Å². The Morgan fingerprint density at radius 3 is 2.67 bits per heavy atom. The minimum Gasteiger partial charge on any atom is -0.310 e. The zero-order valence-corrected chi connectivity index (χ0v) is 15.0. The van der Waals surface area contributed by atoms with Crippen LogP contribution in [0.3, 0.4) is 0 Å². The predicted molar refractivity (Wildman–Crippen MR) is 104 cm³/mol. The number of hydrogen-bond acceptors (Lipinski definition) is 2. The molecule has 4 rings (SSSR count). The molecule has 0 aliphatic rings. The molecule has 0 N–H and O–H groups in total. The molecule has 27 heavy (non-hydrogen) atoms. The van der Waals surface area contributed by atoms with Crippen molar-refractivity contribution < 1.29 is 9.18 Å². The van der Waals surface area contributed by atoms with Gasteiger partial charge in [-0.2, -0.15) is 0 Å². The van der Waals surface area contributed by atoms with Crippen LogP contribution in [0.1, 0.15) is 17.5 Å². The third-order valence-electron chi connectivity index (χ3n) is 4.80. The monoisotopic (exact) mass is 362 g/mol. The average Bonchev–Trinajstić information content (AvgIpc) is 3.11. The highest BCUT2D eigenvalue weighted by Crippen LogP contribution is 2.17. The standard InChI is InChI=1S/C22H19FN2O2/c1-15-4-2-5-16(12-15)13-18(26)9-11-25-21-14-17(23)7-8-19(21)24-10-3-6-20(24)22(25)27/h2-8,10,12,14H,9,11,13H2,1H3. The van der Waals surface area contributed by atoms with Crippen LogP contribution < -0.4 is 5.56 Å². The lowest BCUT2D eigenvalue weighted by Gasteiger charge is -2.12. The van der Waals surface area contributed by atoms with Gasteiger partial charge in [0.25, 0.3) is 5.56 Å². The number of fused-ring (bicyclic) bond motifs is 3. The highest BCUT2D eigenvalue weighted by molar-refractivity contribution is 5.82. The van der Waals surface area contributed by atoms with Gasteiger partial charge in [-0.05, 0) is 42.8 Å². The van der Waals surface area contributed by atoms with E-state index in [1.807, 2.05) is 31.2 Å². The number of carbonyl (C=O) groups is 1. The normalized spacial score (nSPS) is 11.3. The lowest BCUT2D eigenvalue weighted by atomic mass is 10.0. The fourth-order valence-electron chi connectivity index (χ4n) is 3.53. The summed E-state index contributed by atoms with van der Waals surface area (Å²) >= 11 is 0. The molecule has 0 atom stereocenters. The maximum Gasteiger partial charge on any atom is 0.275 e. The highest BCUT2D eigenvalue weighted by Gasteiger charge is 2.13. The molecule has 0 fully saturated rings. The van der Waals surface area contributed by atoms with Crippen LogP contribution in [0.15, 0.2) is 65.6 Å². The quantitative estimate of drug-likeness (QED) is 0.540. The number of hydrogen-bond donors (Lipinski definition) is 0. The summed E-state index contributed by atoms with van der Waals surface area (Å²) in [6, 6.07) is 15.7. The summed E-state index contributed by atoms with van der Waals surface area (Å²) in [5, 5.41) is 0. The molecule has 0 unspecified atom stereocenters. The number of Topliss-reactive ketones (excluding diaryl/α,β-unsaturated/α-hetero) is 1. The Morgan fingerprint density at radius 1 is 1.00 bits per heavy atom. The molecule has 2 heterocycles. The molecule has 2 aromatic heterocycles. The highest BCUT2D eigenvalue weighted by atomic mass is 19.1. The maximum absolute atomic E-state index is 13.8. The van der Waals surface area contributed by atoms with Gasteiger partial charge in [-0.15, -0.1) is 0 Å². The molecule has 4 nitrogen and oxygen atoms in total. The van der Waals surface area contributed by atoms with E-state index in [0.717, 1.165) is 16.6 Å². The van der Waals surface area contributed by atoms with Crippen LogP contribution in [0, 0.1) is 12.7 Å². The van der Waals surface area contributed by atoms with Crippen LogP contribution >= 0.6 is 0 Å². The van der Waals surface area contributed by atoms with Crippen molar-refractivity contribution in [3.05, 3.63) is 88.1 Å². The van der Waals surface area contributed by atoms with Gasteiger partial charge in [0.05, 0.1) is 11.0 Å². The van der Waals surface area contributed by atoms with Crippen molar-refractivity contribution in [1.29, 1.82) is 0 Å². The lowest BCUT2D eigenvalue weighted by molar-refractivity contribution is -0.118. The van der Waals surface area contributed by atoms with Gasteiger partial charge in [-0.25, -0.2) is 4.39 Å². The fourth-order valence-corrected chi connectivity index (χ4v) is 3.53. The molecule has 2 aromatic carbocycles. The molecule has 0 saturated heterocycles. The molecule has 0 bridgehead atoms. The molecule has 0 radical (unpaired) electrons. The van der Waals surface area contributed by atoms with Crippen LogP contribution in [0.5, 0.6) is 0 Å². The van der Waals surface area contributed by atoms with Gasteiger partial charge < -0.3 is 8.97 Å². The number of rotatable bonds is 5. The Kier molecular flexibility index (Phi) is 4.36. The van der Waals surface area contributed by atoms with Crippen LogP contribution in [0.25, 0.3) is 16.6 Å². The van der Waals surface area contributed by atoms with E-state index in [0.29, 0.717) is 17.5 Å². The van der Waals surface area contributed by atoms with Gasteiger partial charge in [0, 0.05) is 25.6 Å². The van der Waals surface area contributed by atoms with Crippen molar-refractivity contribution in [2.75, 3.05) is 0 Å². The van der Waals surface area contributed by atoms with Gasteiger partial charge in [0.2, 0.25) is 0 Å². The molecule has 0 aliphatic heterocycles. The van der Waals surface area contributed by atoms with Crippen LogP contribution in [-0.2, 0) is 17.8 Å². The number of carbonyl (C=O) groups excluding carboxylic acids is 1. The fraction of sp³-hybridized carbons (Fsp3) is 0.182. The minimum atomic E-state index is -0.409. The number of ketones is 1. The summed E-state index contributed by atoms with van der Waals surface area (Å²) in [6.07, 6.45) is 2.33. The van der Waals surface area contributed by atoms with Crippen molar-refractivity contribution in [3.63, 3.8) is 0 Å². The van der Waals surface area contributed by atoms with Crippen molar-refractivity contribution in [1.82, 2.24) is 8.97 Å². The number of halogens is 1. The SMILES string of the molecule is Cc1cccc(CC(=O)CCn2c(=O)c3cccn3c3ccc(F)cc32)c1. The van der Waals surface area contributed by atoms with Gasteiger partial charge >= 0.3 is 0 Å². The molecule has 0 saturated carbocycles. The third kappa shape index (κ3) is 3.28. The third-order valence-corrected chi connectivity index (χ3v) is 4.80. The van der Waals surface area contributed by atoms with Crippen molar-refractivity contribution in [2.24, 2.45) is 0 Å². The molecular formula is C22H19FN2O2. The van der Waals surface area contributed by atoms with Gasteiger partial charge in [0.1, 0.15) is 17.1 Å². The molecule has 136 valence electrons. The summed E-state index contributed by atoms with van der Waals surface area (Å²) in [7, 11) is 0. The maximum atomic E-state index is 13.8. The average molecular weight is 362 g/mol. The van der Waals surface area contributed by atoms with E-state index in [9.17, 15) is 14.0 Å². The number of benzene rings is 2. The molecule has 4 aromatic rings. The summed E-state index contributed by atoms with van der Waals surface area (Å²) in [4.78, 5) is 25.3. The van der Waals surface area contributed by atoms with Gasteiger partial charge in [0.15, 0.2) is 0 Å². The lowest BCUT2D eigenvalue weighted by Crippen LogP contribution is -2.24. The van der Waals surface area contributed by atoms with E-state index < -0.39 is 5.82 Å². The van der Waals surface area contributed by atoms with Crippen molar-refractivity contribution in [2.45, 2.75) is 26.3 Å². The van der Waals surface area contributed by atoms with E-state index in [2.05, 4.69) is 0 Å².